The lowest BCUT2D eigenvalue weighted by atomic mass is 10.00. The quantitative estimate of drug-likeness (QED) is 0.508. The monoisotopic (exact) mass is 539 g/mol. The number of rotatable bonds is 9. The van der Waals surface area contributed by atoms with E-state index in [4.69, 9.17) is 0 Å². The summed E-state index contributed by atoms with van der Waals surface area (Å²) in [6, 6.07) is 11.5. The third-order valence-electron chi connectivity index (χ3n) is 7.62. The Hall–Kier alpha value is -3.04. The second kappa shape index (κ2) is 11.8. The third-order valence-corrected chi connectivity index (χ3v) is 8.76. The molecule has 2 aliphatic heterocycles. The SMILES string of the molecule is CCC(C)C(O)C(=O)N1CC(=O)C2C1CCN2C(=O)C(CC(C)C)NC(=O)c1ccc(-c2ccccc2)s1. The van der Waals surface area contributed by atoms with Crippen molar-refractivity contribution < 1.29 is 24.3 Å². The third kappa shape index (κ3) is 5.68. The van der Waals surface area contributed by atoms with Gasteiger partial charge in [-0.2, -0.15) is 0 Å². The van der Waals surface area contributed by atoms with Gasteiger partial charge in [-0.3, -0.25) is 19.2 Å². The van der Waals surface area contributed by atoms with Gasteiger partial charge in [-0.05, 0) is 42.4 Å². The average molecular weight is 540 g/mol. The van der Waals surface area contributed by atoms with E-state index in [0.717, 1.165) is 10.4 Å². The first-order valence-electron chi connectivity index (χ1n) is 13.4. The highest BCUT2D eigenvalue weighted by Gasteiger charge is 2.53. The van der Waals surface area contributed by atoms with Crippen LogP contribution >= 0.6 is 11.3 Å². The number of fused-ring (bicyclic) bond motifs is 1. The number of benzene rings is 1. The van der Waals surface area contributed by atoms with Crippen molar-refractivity contribution in [3.8, 4) is 10.4 Å². The Kier molecular flexibility index (Phi) is 8.67. The topological polar surface area (TPSA) is 107 Å². The number of thiophene rings is 1. The number of hydrogen-bond acceptors (Lipinski definition) is 6. The molecule has 2 N–H and O–H groups in total. The Morgan fingerprint density at radius 2 is 1.76 bits per heavy atom. The molecule has 3 heterocycles. The van der Waals surface area contributed by atoms with Gasteiger partial charge in [-0.15, -0.1) is 11.3 Å². The molecule has 2 fully saturated rings. The number of aliphatic hydroxyl groups excluding tert-OH is 1. The van der Waals surface area contributed by atoms with Gasteiger partial charge in [0, 0.05) is 11.4 Å². The van der Waals surface area contributed by atoms with Crippen molar-refractivity contribution in [3.05, 3.63) is 47.3 Å². The fourth-order valence-electron chi connectivity index (χ4n) is 5.33. The summed E-state index contributed by atoms with van der Waals surface area (Å²) in [5.74, 6) is -1.36. The molecular weight excluding hydrogens is 502 g/mol. The maximum atomic E-state index is 13.7. The Morgan fingerprint density at radius 1 is 1.05 bits per heavy atom. The molecule has 0 aliphatic carbocycles. The fraction of sp³-hybridized carbons (Fsp3) is 0.517. The van der Waals surface area contributed by atoms with E-state index in [1.54, 1.807) is 13.0 Å². The second-order valence-electron chi connectivity index (χ2n) is 10.8. The molecule has 1 aromatic heterocycles. The van der Waals surface area contributed by atoms with Gasteiger partial charge in [-0.25, -0.2) is 0 Å². The van der Waals surface area contributed by atoms with E-state index >= 15 is 0 Å². The van der Waals surface area contributed by atoms with Gasteiger partial charge in [-0.1, -0.05) is 64.4 Å². The van der Waals surface area contributed by atoms with Crippen LogP contribution in [0.2, 0.25) is 0 Å². The van der Waals surface area contributed by atoms with Crippen LogP contribution in [0.1, 0.15) is 56.6 Å². The molecule has 2 saturated heterocycles. The van der Waals surface area contributed by atoms with Crippen LogP contribution in [0.4, 0.5) is 0 Å². The maximum absolute atomic E-state index is 13.7. The van der Waals surface area contributed by atoms with Crippen LogP contribution in [-0.4, -0.2) is 75.7 Å². The largest absolute Gasteiger partial charge is 0.383 e. The molecule has 0 spiro atoms. The number of carbonyl (C=O) groups is 4. The fourth-order valence-corrected chi connectivity index (χ4v) is 6.25. The molecule has 1 aromatic carbocycles. The van der Waals surface area contributed by atoms with E-state index in [2.05, 4.69) is 5.32 Å². The number of likely N-dealkylation sites (tertiary alicyclic amines) is 2. The molecule has 4 rings (SSSR count). The highest BCUT2D eigenvalue weighted by atomic mass is 32.1. The van der Waals surface area contributed by atoms with Crippen molar-refractivity contribution in [2.24, 2.45) is 11.8 Å². The van der Waals surface area contributed by atoms with Gasteiger partial charge in [0.15, 0.2) is 5.78 Å². The van der Waals surface area contributed by atoms with Crippen molar-refractivity contribution >= 4 is 34.8 Å². The summed E-state index contributed by atoms with van der Waals surface area (Å²) in [5.41, 5.74) is 1.02. The molecule has 2 aromatic rings. The minimum atomic E-state index is -1.17. The normalized spacial score (nSPS) is 21.4. The minimum absolute atomic E-state index is 0.107. The van der Waals surface area contributed by atoms with Crippen LogP contribution in [0, 0.1) is 11.8 Å². The molecule has 2 aliphatic rings. The first kappa shape index (κ1) is 28.0. The van der Waals surface area contributed by atoms with E-state index in [9.17, 15) is 24.3 Å². The second-order valence-corrected chi connectivity index (χ2v) is 11.9. The number of nitrogens with zero attached hydrogens (tertiary/aromatic N) is 2. The molecular formula is C29H37N3O5S. The number of ketones is 1. The van der Waals surface area contributed by atoms with Crippen molar-refractivity contribution in [2.45, 2.75) is 71.2 Å². The maximum Gasteiger partial charge on any atom is 0.262 e. The summed E-state index contributed by atoms with van der Waals surface area (Å²) in [6.45, 7) is 7.88. The number of nitrogens with one attached hydrogen (secondary N) is 1. The summed E-state index contributed by atoms with van der Waals surface area (Å²) >= 11 is 1.37. The summed E-state index contributed by atoms with van der Waals surface area (Å²) < 4.78 is 0. The van der Waals surface area contributed by atoms with Crippen LogP contribution in [-0.2, 0) is 14.4 Å². The molecule has 38 heavy (non-hydrogen) atoms. The lowest BCUT2D eigenvalue weighted by Crippen LogP contribution is -2.53. The first-order valence-corrected chi connectivity index (χ1v) is 14.2. The van der Waals surface area contributed by atoms with Gasteiger partial charge in [0.05, 0.1) is 17.5 Å². The number of Topliss-reactive ketones (excluding diaryl/α,β-unsaturated/α-hetero) is 1. The van der Waals surface area contributed by atoms with Crippen molar-refractivity contribution in [1.82, 2.24) is 15.1 Å². The van der Waals surface area contributed by atoms with E-state index < -0.39 is 30.1 Å². The molecule has 5 unspecified atom stereocenters. The number of aliphatic hydroxyl groups is 1. The van der Waals surface area contributed by atoms with Crippen LogP contribution < -0.4 is 5.32 Å². The Morgan fingerprint density at radius 3 is 2.42 bits per heavy atom. The zero-order chi connectivity index (χ0) is 27.6. The Labute approximate surface area is 228 Å². The van der Waals surface area contributed by atoms with Gasteiger partial charge in [0.1, 0.15) is 18.2 Å². The summed E-state index contributed by atoms with van der Waals surface area (Å²) in [5, 5.41) is 13.4. The molecule has 204 valence electrons. The number of amides is 3. The van der Waals surface area contributed by atoms with Crippen LogP contribution in [0.25, 0.3) is 10.4 Å². The molecule has 3 amide bonds. The van der Waals surface area contributed by atoms with Crippen LogP contribution in [0.5, 0.6) is 0 Å². The number of carbonyl (C=O) groups excluding carboxylic acids is 4. The lowest BCUT2D eigenvalue weighted by molar-refractivity contribution is -0.144. The van der Waals surface area contributed by atoms with Gasteiger partial charge in [0.25, 0.3) is 11.8 Å². The van der Waals surface area contributed by atoms with E-state index in [1.807, 2.05) is 57.2 Å². The molecule has 8 nitrogen and oxygen atoms in total. The molecule has 9 heteroatoms. The van der Waals surface area contributed by atoms with E-state index in [-0.39, 0.29) is 36.0 Å². The van der Waals surface area contributed by atoms with Crippen molar-refractivity contribution in [1.29, 1.82) is 0 Å². The smallest absolute Gasteiger partial charge is 0.262 e. The predicted octanol–water partition coefficient (Wildman–Crippen LogP) is 3.35. The van der Waals surface area contributed by atoms with Crippen molar-refractivity contribution in [2.75, 3.05) is 13.1 Å². The molecule has 0 radical (unpaired) electrons. The summed E-state index contributed by atoms with van der Waals surface area (Å²) in [7, 11) is 0. The summed E-state index contributed by atoms with van der Waals surface area (Å²) in [6.07, 6.45) is 0.366. The van der Waals surface area contributed by atoms with E-state index in [0.29, 0.717) is 30.7 Å². The highest BCUT2D eigenvalue weighted by molar-refractivity contribution is 7.17. The van der Waals surface area contributed by atoms with Crippen LogP contribution in [0.15, 0.2) is 42.5 Å². The molecule has 5 atom stereocenters. The highest BCUT2D eigenvalue weighted by Crippen LogP contribution is 2.32. The van der Waals surface area contributed by atoms with Crippen molar-refractivity contribution in [3.63, 3.8) is 0 Å². The van der Waals surface area contributed by atoms with E-state index in [1.165, 1.54) is 21.1 Å². The zero-order valence-corrected chi connectivity index (χ0v) is 23.2. The zero-order valence-electron chi connectivity index (χ0n) is 22.4. The Bertz CT molecular complexity index is 1180. The molecule has 0 saturated carbocycles. The average Bonchev–Trinajstić information content (AvgIpc) is 3.64. The van der Waals surface area contributed by atoms with Gasteiger partial charge >= 0.3 is 0 Å². The summed E-state index contributed by atoms with van der Waals surface area (Å²) in [4.78, 5) is 57.4. The van der Waals surface area contributed by atoms with Crippen LogP contribution in [0.3, 0.4) is 0 Å². The first-order chi connectivity index (χ1) is 18.1. The lowest BCUT2D eigenvalue weighted by Gasteiger charge is -2.29. The van der Waals surface area contributed by atoms with Gasteiger partial charge < -0.3 is 20.2 Å². The number of hydrogen-bond donors (Lipinski definition) is 2. The predicted molar refractivity (Wildman–Crippen MR) is 147 cm³/mol. The Balaban J connectivity index is 1.48. The molecule has 0 bridgehead atoms. The minimum Gasteiger partial charge on any atom is -0.383 e. The standard InChI is InChI=1S/C29H37N3O5S/c1-5-18(4)26(34)29(37)32-16-22(33)25-21(32)13-14-31(25)28(36)20(15-17(2)3)30-27(35)24-12-11-23(38-24)19-9-7-6-8-10-19/h6-12,17-18,20-21,25-26,34H,5,13-16H2,1-4H3,(H,30,35). The van der Waals surface area contributed by atoms with Gasteiger partial charge in [0.2, 0.25) is 5.91 Å².